The molecule has 0 aliphatic carbocycles. The molecule has 0 bridgehead atoms. The lowest BCUT2D eigenvalue weighted by atomic mass is 10.2. The number of carbonyl (C=O) groups excluding carboxylic acids is 1. The Morgan fingerprint density at radius 3 is 3.05 bits per heavy atom. The molecule has 0 saturated carbocycles. The molecule has 0 spiro atoms. The number of hydrogen-bond acceptors (Lipinski definition) is 5. The lowest BCUT2D eigenvalue weighted by molar-refractivity contribution is 0.0953. The summed E-state index contributed by atoms with van der Waals surface area (Å²) in [4.78, 5) is 15.4. The van der Waals surface area contributed by atoms with E-state index in [1.807, 2.05) is 30.5 Å². The van der Waals surface area contributed by atoms with Crippen LogP contribution in [0.3, 0.4) is 0 Å². The highest BCUT2D eigenvalue weighted by Crippen LogP contribution is 2.26. The molecule has 1 amide bonds. The van der Waals surface area contributed by atoms with Gasteiger partial charge in [-0.1, -0.05) is 6.07 Å². The van der Waals surface area contributed by atoms with Crippen LogP contribution in [0.5, 0.6) is 5.75 Å². The van der Waals surface area contributed by atoms with Crippen LogP contribution in [0, 0.1) is 6.92 Å². The molecule has 1 aromatic carbocycles. The molecular formula is C12H12BrN3O2S. The van der Waals surface area contributed by atoms with Gasteiger partial charge in [0.05, 0.1) is 10.2 Å². The Balaban J connectivity index is 2.02. The van der Waals surface area contributed by atoms with Crippen molar-refractivity contribution in [3.05, 3.63) is 44.3 Å². The highest BCUT2D eigenvalue weighted by molar-refractivity contribution is 9.10. The van der Waals surface area contributed by atoms with Gasteiger partial charge in [-0.2, -0.15) is 0 Å². The highest BCUT2D eigenvalue weighted by Gasteiger charge is 2.10. The lowest BCUT2D eigenvalue weighted by Crippen LogP contribution is -2.29. The van der Waals surface area contributed by atoms with Gasteiger partial charge in [0, 0.05) is 5.38 Å². The number of benzene rings is 1. The van der Waals surface area contributed by atoms with Crippen molar-refractivity contribution in [2.45, 2.75) is 13.5 Å². The number of nitrogens with zero attached hydrogens (tertiary/aromatic N) is 1. The van der Waals surface area contributed by atoms with E-state index in [4.69, 9.17) is 10.6 Å². The molecule has 100 valence electrons. The van der Waals surface area contributed by atoms with Crippen molar-refractivity contribution in [3.63, 3.8) is 0 Å². The maximum atomic E-state index is 11.3. The summed E-state index contributed by atoms with van der Waals surface area (Å²) in [7, 11) is 0. The number of aryl methyl sites for hydroxylation is 1. The molecule has 7 heteroatoms. The predicted molar refractivity (Wildman–Crippen MR) is 77.0 cm³/mol. The van der Waals surface area contributed by atoms with Crippen LogP contribution in [0.25, 0.3) is 0 Å². The van der Waals surface area contributed by atoms with E-state index in [9.17, 15) is 4.79 Å². The van der Waals surface area contributed by atoms with Crippen LogP contribution in [0.1, 0.15) is 21.1 Å². The smallest absolute Gasteiger partial charge is 0.294 e. The first-order valence-electron chi connectivity index (χ1n) is 5.44. The lowest BCUT2D eigenvalue weighted by Gasteiger charge is -2.07. The first-order valence-corrected chi connectivity index (χ1v) is 7.11. The largest absolute Gasteiger partial charge is 0.486 e. The molecule has 2 rings (SSSR count). The third-order valence-corrected chi connectivity index (χ3v) is 3.85. The fourth-order valence-electron chi connectivity index (χ4n) is 1.41. The number of nitrogen functional groups attached to an aromatic ring is 1. The quantitative estimate of drug-likeness (QED) is 0.508. The minimum absolute atomic E-state index is 0.302. The minimum Gasteiger partial charge on any atom is -0.486 e. The molecule has 0 unspecified atom stereocenters. The summed E-state index contributed by atoms with van der Waals surface area (Å²) in [5.41, 5.74) is 3.88. The number of amides is 1. The second-order valence-corrected chi connectivity index (χ2v) is 5.55. The molecule has 19 heavy (non-hydrogen) atoms. The number of ether oxygens (including phenoxy) is 1. The predicted octanol–water partition coefficient (Wildman–Crippen LogP) is 2.40. The Morgan fingerprint density at radius 2 is 2.37 bits per heavy atom. The van der Waals surface area contributed by atoms with E-state index in [-0.39, 0.29) is 0 Å². The van der Waals surface area contributed by atoms with Gasteiger partial charge in [-0.25, -0.2) is 10.8 Å². The zero-order chi connectivity index (χ0) is 13.8. The average molecular weight is 342 g/mol. The third kappa shape index (κ3) is 3.52. The Hall–Kier alpha value is -1.44. The van der Waals surface area contributed by atoms with Crippen LogP contribution in [-0.4, -0.2) is 10.9 Å². The normalized spacial score (nSPS) is 10.3. The van der Waals surface area contributed by atoms with Gasteiger partial charge in [0.25, 0.3) is 5.91 Å². The summed E-state index contributed by atoms with van der Waals surface area (Å²) >= 11 is 4.67. The fourth-order valence-corrected chi connectivity index (χ4v) is 2.73. The monoisotopic (exact) mass is 341 g/mol. The zero-order valence-corrected chi connectivity index (χ0v) is 12.5. The molecule has 1 aromatic heterocycles. The summed E-state index contributed by atoms with van der Waals surface area (Å²) in [5, 5.41) is 2.09. The topological polar surface area (TPSA) is 77.2 Å². The number of hydrazine groups is 1. The van der Waals surface area contributed by atoms with Crippen molar-refractivity contribution in [1.82, 2.24) is 10.4 Å². The number of rotatable bonds is 4. The van der Waals surface area contributed by atoms with E-state index in [0.29, 0.717) is 17.3 Å². The number of nitrogens with two attached hydrogens (primary N) is 1. The molecular weight excluding hydrogens is 330 g/mol. The Morgan fingerprint density at radius 1 is 1.58 bits per heavy atom. The number of aromatic nitrogens is 1. The van der Waals surface area contributed by atoms with E-state index in [1.165, 1.54) is 11.3 Å². The number of carbonyl (C=O) groups is 1. The molecule has 0 aliphatic rings. The van der Waals surface area contributed by atoms with Crippen LogP contribution in [0.15, 0.2) is 28.1 Å². The summed E-state index contributed by atoms with van der Waals surface area (Å²) in [5.74, 6) is 5.39. The molecule has 0 atom stereocenters. The number of nitrogens with one attached hydrogen (secondary N) is 1. The summed E-state index contributed by atoms with van der Waals surface area (Å²) < 4.78 is 6.53. The second-order valence-electron chi connectivity index (χ2n) is 3.84. The SMILES string of the molecule is Cc1ccc(OCc2csc(C(=O)NN)n2)c(Br)c1. The van der Waals surface area contributed by atoms with E-state index in [0.717, 1.165) is 15.8 Å². The highest BCUT2D eigenvalue weighted by atomic mass is 79.9. The van der Waals surface area contributed by atoms with Crippen molar-refractivity contribution in [2.24, 2.45) is 5.84 Å². The maximum absolute atomic E-state index is 11.3. The number of thiazole rings is 1. The molecule has 0 radical (unpaired) electrons. The van der Waals surface area contributed by atoms with Crippen molar-refractivity contribution < 1.29 is 9.53 Å². The van der Waals surface area contributed by atoms with Crippen LogP contribution in [0.2, 0.25) is 0 Å². The van der Waals surface area contributed by atoms with Crippen molar-refractivity contribution >= 4 is 33.2 Å². The van der Waals surface area contributed by atoms with Gasteiger partial charge in [0.1, 0.15) is 12.4 Å². The van der Waals surface area contributed by atoms with Crippen LogP contribution < -0.4 is 16.0 Å². The first kappa shape index (κ1) is 14.0. The Kier molecular flexibility index (Phi) is 4.52. The van der Waals surface area contributed by atoms with Crippen molar-refractivity contribution in [2.75, 3.05) is 0 Å². The molecule has 1 heterocycles. The zero-order valence-electron chi connectivity index (χ0n) is 10.1. The molecule has 0 saturated heterocycles. The third-order valence-electron chi connectivity index (χ3n) is 2.34. The average Bonchev–Trinajstić information content (AvgIpc) is 2.85. The van der Waals surface area contributed by atoms with E-state index >= 15 is 0 Å². The van der Waals surface area contributed by atoms with Gasteiger partial charge in [-0.05, 0) is 40.5 Å². The number of halogens is 1. The number of hydrogen-bond donors (Lipinski definition) is 2. The molecule has 0 aliphatic heterocycles. The van der Waals surface area contributed by atoms with E-state index in [1.54, 1.807) is 5.38 Å². The van der Waals surface area contributed by atoms with Gasteiger partial charge in [0.15, 0.2) is 5.01 Å². The standard InChI is InChI=1S/C12H12BrN3O2S/c1-7-2-3-10(9(13)4-7)18-5-8-6-19-12(15-8)11(17)16-14/h2-4,6H,5,14H2,1H3,(H,16,17). The Bertz CT molecular complexity index is 600. The summed E-state index contributed by atoms with van der Waals surface area (Å²) in [6, 6.07) is 5.83. The van der Waals surface area contributed by atoms with E-state index in [2.05, 4.69) is 20.9 Å². The summed E-state index contributed by atoms with van der Waals surface area (Å²) in [6.07, 6.45) is 0. The molecule has 3 N–H and O–H groups in total. The van der Waals surface area contributed by atoms with Crippen LogP contribution in [-0.2, 0) is 6.61 Å². The summed E-state index contributed by atoms with van der Waals surface area (Å²) in [6.45, 7) is 2.31. The van der Waals surface area contributed by atoms with Crippen molar-refractivity contribution in [3.8, 4) is 5.75 Å². The van der Waals surface area contributed by atoms with Gasteiger partial charge in [0.2, 0.25) is 0 Å². The minimum atomic E-state index is -0.396. The fraction of sp³-hybridized carbons (Fsp3) is 0.167. The van der Waals surface area contributed by atoms with Crippen molar-refractivity contribution in [1.29, 1.82) is 0 Å². The van der Waals surface area contributed by atoms with Gasteiger partial charge >= 0.3 is 0 Å². The molecule has 5 nitrogen and oxygen atoms in total. The van der Waals surface area contributed by atoms with Gasteiger partial charge in [-0.15, -0.1) is 11.3 Å². The first-order chi connectivity index (χ1) is 9.10. The Labute approximate surface area is 122 Å². The van der Waals surface area contributed by atoms with Gasteiger partial charge in [-0.3, -0.25) is 10.2 Å². The maximum Gasteiger partial charge on any atom is 0.294 e. The second kappa shape index (κ2) is 6.14. The van der Waals surface area contributed by atoms with Crippen LogP contribution >= 0.6 is 27.3 Å². The van der Waals surface area contributed by atoms with Crippen LogP contribution in [0.4, 0.5) is 0 Å². The van der Waals surface area contributed by atoms with Gasteiger partial charge < -0.3 is 4.74 Å². The molecule has 2 aromatic rings. The van der Waals surface area contributed by atoms with E-state index < -0.39 is 5.91 Å². The molecule has 0 fully saturated rings.